The van der Waals surface area contributed by atoms with Crippen LogP contribution in [0.4, 0.5) is 5.13 Å². The number of phenolic OH excluding ortho intramolecular Hbond substituents is 2. The van der Waals surface area contributed by atoms with Crippen LogP contribution >= 0.6 is 34.7 Å². The average molecular weight is 778 g/mol. The maximum absolute atomic E-state index is 13.5. The number of likely N-dealkylation sites (N-methyl/N-ethyl adjacent to an activating group) is 1. The smallest absolute Gasteiger partial charge is 0.350 e. The molecule has 7 N–H and O–H groups in total. The number of carbonyl (C=O) groups excluding carboxylic acids is 4. The maximum atomic E-state index is 13.5. The second-order valence-electron chi connectivity index (χ2n) is 13.8. The zero-order valence-electron chi connectivity index (χ0n) is 28.1. The van der Waals surface area contributed by atoms with Gasteiger partial charge in [0.25, 0.3) is 17.7 Å². The second kappa shape index (κ2) is 13.8. The van der Waals surface area contributed by atoms with Crippen molar-refractivity contribution >= 4 is 75.2 Å². The largest absolute Gasteiger partial charge is 0.543 e. The normalized spacial score (nSPS) is 27.1. The Bertz CT molecular complexity index is 1920. The number of hydrogen-bond donors (Lipinski definition) is 6. The van der Waals surface area contributed by atoms with E-state index >= 15 is 0 Å². The summed E-state index contributed by atoms with van der Waals surface area (Å²) >= 11 is 8.40. The third-order valence-corrected chi connectivity index (χ3v) is 12.6. The van der Waals surface area contributed by atoms with Crippen LogP contribution in [0.2, 0.25) is 5.02 Å². The SMILES string of the molecule is CC(C)(O/N=C(\C(=O)N[C@@H]1C(=O)N2C(C(=O)[O-])=C(C[N+]3(C)[C@@H]4CC[C@H]3CC(NC(=O)c3ccc(O)c(O)c3Cl)C4)CS[C@H]12)c1csc(N)n1)C(=O)O. The van der Waals surface area contributed by atoms with E-state index in [0.717, 1.165) is 29.1 Å². The van der Waals surface area contributed by atoms with Crippen molar-refractivity contribution in [2.24, 2.45) is 5.16 Å². The summed E-state index contributed by atoms with van der Waals surface area (Å²) in [6.07, 6.45) is 2.89. The van der Waals surface area contributed by atoms with Crippen molar-refractivity contribution in [3.8, 4) is 11.5 Å². The van der Waals surface area contributed by atoms with E-state index in [4.69, 9.17) is 22.2 Å². The number of carboxylic acids is 2. The average Bonchev–Trinajstić information content (AvgIpc) is 3.54. The summed E-state index contributed by atoms with van der Waals surface area (Å²) in [6, 6.07) is 1.31. The number of carboxylic acid groups (broad SMARTS) is 2. The van der Waals surface area contributed by atoms with Crippen molar-refractivity contribution in [2.75, 3.05) is 25.1 Å². The van der Waals surface area contributed by atoms with Gasteiger partial charge < -0.3 is 50.9 Å². The molecule has 3 fully saturated rings. The highest BCUT2D eigenvalue weighted by atomic mass is 35.5. The number of halogens is 1. The minimum absolute atomic E-state index is 0.00269. The Labute approximate surface area is 310 Å². The Morgan fingerprint density at radius 3 is 2.46 bits per heavy atom. The number of oxime groups is 1. The highest BCUT2D eigenvalue weighted by Gasteiger charge is 2.56. The molecule has 17 nitrogen and oxygen atoms in total. The third-order valence-electron chi connectivity index (χ3n) is 10.2. The number of anilines is 1. The Kier molecular flexibility index (Phi) is 9.83. The van der Waals surface area contributed by atoms with Crippen molar-refractivity contribution in [1.82, 2.24) is 20.5 Å². The predicted octanol–water partition coefficient (Wildman–Crippen LogP) is 0.348. The van der Waals surface area contributed by atoms with Crippen molar-refractivity contribution < 1.29 is 53.7 Å². The predicted molar refractivity (Wildman–Crippen MR) is 186 cm³/mol. The standard InChI is InChI=1S/C32H36ClN7O10S2/c1-32(2,30(48)49)50-38-21(18-12-52-31(34)36-18)26(44)37-22-27(45)39-23(29(46)47)13(11-51-28(22)39)10-40(3)15-4-5-16(40)9-14(8-15)35-25(43)17-6-7-19(41)24(42)20(17)33/h6-7,12,14-16,22,28H,4-5,8-11H2,1-3H3,(H7-,34,35,36,37,38,41,42,43,44,46,47,48,49)/t14?,15-,16+,22-,28-,40?/m1/s1. The van der Waals surface area contributed by atoms with Gasteiger partial charge in [0.1, 0.15) is 23.7 Å². The summed E-state index contributed by atoms with van der Waals surface area (Å²) < 4.78 is 0.510. The van der Waals surface area contributed by atoms with Gasteiger partial charge in [-0.2, -0.15) is 0 Å². The molecular formula is C32H36ClN7O10S2. The molecule has 1 aromatic heterocycles. The van der Waals surface area contributed by atoms with Crippen LogP contribution in [0.15, 0.2) is 33.9 Å². The fourth-order valence-electron chi connectivity index (χ4n) is 7.33. The molecule has 5 heterocycles. The van der Waals surface area contributed by atoms with E-state index in [1.54, 1.807) is 0 Å². The number of aliphatic carboxylic acids is 2. The van der Waals surface area contributed by atoms with Crippen molar-refractivity contribution in [3.05, 3.63) is 45.1 Å². The number of quaternary nitrogens is 1. The highest BCUT2D eigenvalue weighted by Crippen LogP contribution is 2.46. The minimum atomic E-state index is -1.80. The minimum Gasteiger partial charge on any atom is -0.543 e. The number of carbonyl (C=O) groups is 5. The number of thioether (sulfide) groups is 1. The molecule has 278 valence electrons. The van der Waals surface area contributed by atoms with Crippen LogP contribution in [-0.4, -0.2) is 120 Å². The zero-order chi connectivity index (χ0) is 37.9. The number of nitrogens with zero attached hydrogens (tertiary/aromatic N) is 4. The van der Waals surface area contributed by atoms with Crippen LogP contribution in [0.3, 0.4) is 0 Å². The van der Waals surface area contributed by atoms with Crippen LogP contribution in [-0.2, 0) is 24.0 Å². The van der Waals surface area contributed by atoms with Gasteiger partial charge in [-0.1, -0.05) is 16.8 Å². The number of nitrogen functional groups attached to an aromatic ring is 1. The first kappa shape index (κ1) is 37.2. The van der Waals surface area contributed by atoms with Gasteiger partial charge in [-0.15, -0.1) is 23.1 Å². The van der Waals surface area contributed by atoms with Crippen molar-refractivity contribution in [1.29, 1.82) is 0 Å². The number of piperidine rings is 1. The van der Waals surface area contributed by atoms with Gasteiger partial charge in [-0.3, -0.25) is 19.3 Å². The molecule has 1 aromatic carbocycles. The number of benzene rings is 1. The summed E-state index contributed by atoms with van der Waals surface area (Å²) in [5.41, 5.74) is 3.84. The van der Waals surface area contributed by atoms with Gasteiger partial charge in [-0.05, 0) is 26.0 Å². The molecule has 52 heavy (non-hydrogen) atoms. The fourth-order valence-corrected chi connectivity index (χ4v) is 9.45. The molecule has 6 atom stereocenters. The monoisotopic (exact) mass is 777 g/mol. The lowest BCUT2D eigenvalue weighted by atomic mass is 9.92. The Balaban J connectivity index is 1.16. The maximum Gasteiger partial charge on any atom is 0.350 e. The molecule has 0 radical (unpaired) electrons. The Morgan fingerprint density at radius 2 is 1.87 bits per heavy atom. The number of aromatic hydroxyl groups is 2. The number of phenols is 2. The fraction of sp³-hybridized carbons (Fsp3) is 0.469. The van der Waals surface area contributed by atoms with Crippen LogP contribution in [0.5, 0.6) is 11.5 Å². The van der Waals surface area contributed by atoms with Crippen molar-refractivity contribution in [2.45, 2.75) is 74.7 Å². The second-order valence-corrected chi connectivity index (χ2v) is 16.2. The summed E-state index contributed by atoms with van der Waals surface area (Å²) in [5.74, 6) is -5.67. The number of thiazole rings is 1. The molecular weight excluding hydrogens is 742 g/mol. The number of nitrogens with two attached hydrogens (primary N) is 1. The molecule has 3 saturated heterocycles. The molecule has 2 bridgehead atoms. The molecule has 4 aliphatic rings. The van der Waals surface area contributed by atoms with Gasteiger partial charge in [0.15, 0.2) is 22.3 Å². The van der Waals surface area contributed by atoms with Gasteiger partial charge in [-0.25, -0.2) is 9.78 Å². The first-order valence-corrected chi connectivity index (χ1v) is 18.5. The topological polar surface area (TPSA) is 257 Å². The lowest BCUT2D eigenvalue weighted by Gasteiger charge is -2.53. The van der Waals surface area contributed by atoms with Gasteiger partial charge in [0.05, 0.1) is 41.4 Å². The Morgan fingerprint density at radius 1 is 1.19 bits per heavy atom. The number of amides is 3. The van der Waals surface area contributed by atoms with Gasteiger partial charge in [0.2, 0.25) is 5.60 Å². The molecule has 0 spiro atoms. The van der Waals surface area contributed by atoms with Crippen molar-refractivity contribution in [3.63, 3.8) is 0 Å². The van der Waals surface area contributed by atoms with E-state index in [0.29, 0.717) is 29.4 Å². The number of fused-ring (bicyclic) bond motifs is 3. The Hall–Kier alpha value is -4.59. The summed E-state index contributed by atoms with van der Waals surface area (Å²) in [7, 11) is 2.05. The molecule has 20 heteroatoms. The van der Waals surface area contributed by atoms with Crippen LogP contribution < -0.4 is 21.5 Å². The quantitative estimate of drug-likeness (QED) is 0.0593. The third kappa shape index (κ3) is 6.61. The molecule has 0 saturated carbocycles. The van der Waals surface area contributed by atoms with Crippen LogP contribution in [0, 0.1) is 0 Å². The molecule has 6 rings (SSSR count). The number of nitrogens with one attached hydrogen (secondary N) is 2. The van der Waals surface area contributed by atoms with E-state index < -0.39 is 63.9 Å². The van der Waals surface area contributed by atoms with E-state index in [1.807, 2.05) is 7.05 Å². The number of hydrogen-bond acceptors (Lipinski definition) is 14. The molecule has 0 aliphatic carbocycles. The lowest BCUT2D eigenvalue weighted by molar-refractivity contribution is -0.944. The van der Waals surface area contributed by atoms with E-state index in [1.165, 1.54) is 43.1 Å². The first-order valence-electron chi connectivity index (χ1n) is 16.2. The van der Waals surface area contributed by atoms with E-state index in [2.05, 4.69) is 20.8 Å². The summed E-state index contributed by atoms with van der Waals surface area (Å²) in [6.45, 7) is 2.80. The first-order chi connectivity index (χ1) is 24.4. The lowest BCUT2D eigenvalue weighted by Crippen LogP contribution is -2.72. The molecule has 4 aliphatic heterocycles. The zero-order valence-corrected chi connectivity index (χ0v) is 30.5. The number of β-lactam (4-membered cyclic amide) rings is 1. The van der Waals surface area contributed by atoms with E-state index in [-0.39, 0.29) is 51.0 Å². The molecule has 2 aromatic rings. The molecule has 3 amide bonds. The van der Waals surface area contributed by atoms with Crippen LogP contribution in [0.25, 0.3) is 0 Å². The number of aromatic nitrogens is 1. The van der Waals surface area contributed by atoms with Gasteiger partial charge in [0, 0.05) is 48.4 Å². The highest BCUT2D eigenvalue weighted by molar-refractivity contribution is 8.00. The van der Waals surface area contributed by atoms with Crippen LogP contribution in [0.1, 0.15) is 55.6 Å². The van der Waals surface area contributed by atoms with Gasteiger partial charge >= 0.3 is 5.97 Å². The molecule has 2 unspecified atom stereocenters. The summed E-state index contributed by atoms with van der Waals surface area (Å²) in [4.78, 5) is 74.4. The van der Waals surface area contributed by atoms with E-state index in [9.17, 15) is 44.4 Å². The number of rotatable bonds is 11. The summed E-state index contributed by atoms with van der Waals surface area (Å²) in [5, 5.41) is 51.5.